The molecule has 0 aliphatic carbocycles. The maximum atomic E-state index is 5.39. The normalized spacial score (nSPS) is 15.8. The van der Waals surface area contributed by atoms with Gasteiger partial charge in [-0.1, -0.05) is 6.07 Å². The van der Waals surface area contributed by atoms with Gasteiger partial charge in [-0.05, 0) is 43.3 Å². The van der Waals surface area contributed by atoms with E-state index in [4.69, 9.17) is 9.72 Å². The van der Waals surface area contributed by atoms with Crippen LogP contribution in [0.2, 0.25) is 0 Å². The van der Waals surface area contributed by atoms with Crippen molar-refractivity contribution in [1.82, 2.24) is 24.4 Å². The summed E-state index contributed by atoms with van der Waals surface area (Å²) in [6.45, 7) is 8.55. The predicted molar refractivity (Wildman–Crippen MR) is 112 cm³/mol. The number of ether oxygens (including phenoxy) is 1. The van der Waals surface area contributed by atoms with Crippen molar-refractivity contribution >= 4 is 11.5 Å². The molecule has 3 heterocycles. The number of nitrogens with zero attached hydrogens (tertiary/aromatic N) is 5. The van der Waals surface area contributed by atoms with Crippen LogP contribution in [-0.2, 0) is 0 Å². The molecule has 7 nitrogen and oxygen atoms in total. The number of piperazine rings is 1. The number of anilines is 1. The molecule has 3 aromatic rings. The average molecular weight is 380 g/mol. The Hall–Kier alpha value is -2.64. The monoisotopic (exact) mass is 380 g/mol. The van der Waals surface area contributed by atoms with E-state index < -0.39 is 0 Å². The van der Waals surface area contributed by atoms with E-state index in [1.807, 2.05) is 35.1 Å². The Balaban J connectivity index is 1.50. The summed E-state index contributed by atoms with van der Waals surface area (Å²) in [7, 11) is 3.87. The molecular formula is C21H28N6O. The second-order valence-corrected chi connectivity index (χ2v) is 7.39. The zero-order valence-electron chi connectivity index (χ0n) is 16.9. The molecule has 0 spiro atoms. The highest BCUT2D eigenvalue weighted by atomic mass is 16.5. The third-order valence-corrected chi connectivity index (χ3v) is 5.43. The Labute approximate surface area is 165 Å². The standard InChI is InChI=1S/C21H28N6O/c1-16-4-5-17(28-3)14-18(16)19-15-23-27-8-6-20(24-21(19)27)22-7-9-26-12-10-25(2)11-13-26/h4-6,8,14-15H,7,9-13H2,1-3H3,(H,22,24). The fourth-order valence-corrected chi connectivity index (χ4v) is 3.59. The molecule has 0 radical (unpaired) electrons. The molecular weight excluding hydrogens is 352 g/mol. The van der Waals surface area contributed by atoms with Crippen molar-refractivity contribution in [2.75, 3.05) is 58.7 Å². The molecule has 0 bridgehead atoms. The van der Waals surface area contributed by atoms with Crippen LogP contribution in [0.15, 0.2) is 36.7 Å². The van der Waals surface area contributed by atoms with Crippen LogP contribution < -0.4 is 10.1 Å². The van der Waals surface area contributed by atoms with Gasteiger partial charge in [0.05, 0.1) is 13.3 Å². The van der Waals surface area contributed by atoms with E-state index in [0.717, 1.165) is 67.6 Å². The Bertz CT molecular complexity index is 945. The third-order valence-electron chi connectivity index (χ3n) is 5.43. The molecule has 28 heavy (non-hydrogen) atoms. The summed E-state index contributed by atoms with van der Waals surface area (Å²) in [5, 5.41) is 7.94. The van der Waals surface area contributed by atoms with Crippen LogP contribution in [0.3, 0.4) is 0 Å². The summed E-state index contributed by atoms with van der Waals surface area (Å²) in [4.78, 5) is 9.70. The number of aryl methyl sites for hydroxylation is 1. The minimum Gasteiger partial charge on any atom is -0.497 e. The smallest absolute Gasteiger partial charge is 0.165 e. The minimum absolute atomic E-state index is 0.835. The molecule has 148 valence electrons. The number of methoxy groups -OCH3 is 1. The van der Waals surface area contributed by atoms with Crippen molar-refractivity contribution in [2.45, 2.75) is 6.92 Å². The zero-order valence-corrected chi connectivity index (χ0v) is 16.9. The molecule has 1 fully saturated rings. The van der Waals surface area contributed by atoms with Crippen LogP contribution in [0.1, 0.15) is 5.56 Å². The van der Waals surface area contributed by atoms with Crippen molar-refractivity contribution in [3.63, 3.8) is 0 Å². The zero-order chi connectivity index (χ0) is 19.5. The molecule has 1 N–H and O–H groups in total. The molecule has 4 rings (SSSR count). The highest BCUT2D eigenvalue weighted by Gasteiger charge is 2.14. The van der Waals surface area contributed by atoms with Crippen LogP contribution in [0.25, 0.3) is 16.8 Å². The van der Waals surface area contributed by atoms with E-state index in [9.17, 15) is 0 Å². The lowest BCUT2D eigenvalue weighted by Gasteiger charge is -2.32. The molecule has 7 heteroatoms. The Morgan fingerprint density at radius 1 is 1.11 bits per heavy atom. The summed E-state index contributed by atoms with van der Waals surface area (Å²) in [5.41, 5.74) is 4.13. The van der Waals surface area contributed by atoms with E-state index in [-0.39, 0.29) is 0 Å². The Kier molecular flexibility index (Phi) is 5.45. The third kappa shape index (κ3) is 3.95. The maximum Gasteiger partial charge on any atom is 0.165 e. The van der Waals surface area contributed by atoms with Gasteiger partial charge >= 0.3 is 0 Å². The van der Waals surface area contributed by atoms with Crippen molar-refractivity contribution < 1.29 is 4.74 Å². The summed E-state index contributed by atoms with van der Waals surface area (Å²) in [5.74, 6) is 1.71. The van der Waals surface area contributed by atoms with Crippen LogP contribution in [0, 0.1) is 6.92 Å². The number of nitrogens with one attached hydrogen (secondary N) is 1. The summed E-state index contributed by atoms with van der Waals surface area (Å²) < 4.78 is 7.21. The summed E-state index contributed by atoms with van der Waals surface area (Å²) >= 11 is 0. The van der Waals surface area contributed by atoms with Gasteiger partial charge in [-0.3, -0.25) is 4.90 Å². The molecule has 0 atom stereocenters. The topological polar surface area (TPSA) is 57.9 Å². The largest absolute Gasteiger partial charge is 0.497 e. The lowest BCUT2D eigenvalue weighted by atomic mass is 10.0. The summed E-state index contributed by atoms with van der Waals surface area (Å²) in [6, 6.07) is 8.06. The highest BCUT2D eigenvalue weighted by molar-refractivity contribution is 5.80. The lowest BCUT2D eigenvalue weighted by molar-refractivity contribution is 0.158. The van der Waals surface area contributed by atoms with Gasteiger partial charge in [0.25, 0.3) is 0 Å². The lowest BCUT2D eigenvalue weighted by Crippen LogP contribution is -2.45. The number of hydrogen-bond donors (Lipinski definition) is 1. The number of aromatic nitrogens is 3. The van der Waals surface area contributed by atoms with Crippen LogP contribution >= 0.6 is 0 Å². The van der Waals surface area contributed by atoms with E-state index in [0.29, 0.717) is 0 Å². The fourth-order valence-electron chi connectivity index (χ4n) is 3.59. The van der Waals surface area contributed by atoms with Gasteiger partial charge in [-0.2, -0.15) is 5.10 Å². The van der Waals surface area contributed by atoms with Crippen LogP contribution in [0.4, 0.5) is 5.82 Å². The van der Waals surface area contributed by atoms with Gasteiger partial charge in [-0.25, -0.2) is 9.50 Å². The number of benzene rings is 1. The van der Waals surface area contributed by atoms with E-state index >= 15 is 0 Å². The van der Waals surface area contributed by atoms with E-state index in [1.165, 1.54) is 5.56 Å². The van der Waals surface area contributed by atoms with Crippen LogP contribution in [-0.4, -0.2) is 77.8 Å². The van der Waals surface area contributed by atoms with Gasteiger partial charge in [0.1, 0.15) is 11.6 Å². The van der Waals surface area contributed by atoms with E-state index in [1.54, 1.807) is 7.11 Å². The summed E-state index contributed by atoms with van der Waals surface area (Å²) in [6.07, 6.45) is 3.83. The number of rotatable bonds is 6. The number of likely N-dealkylation sites (N-methyl/N-ethyl adjacent to an activating group) is 1. The van der Waals surface area contributed by atoms with Gasteiger partial charge in [-0.15, -0.1) is 0 Å². The second-order valence-electron chi connectivity index (χ2n) is 7.39. The first-order valence-electron chi connectivity index (χ1n) is 9.78. The molecule has 2 aromatic heterocycles. The SMILES string of the molecule is COc1ccc(C)c(-c2cnn3ccc(NCCN4CCN(C)CC4)nc23)c1. The first-order valence-corrected chi connectivity index (χ1v) is 9.78. The molecule has 0 unspecified atom stereocenters. The average Bonchev–Trinajstić information content (AvgIpc) is 3.13. The van der Waals surface area contributed by atoms with Gasteiger partial charge in [0.2, 0.25) is 0 Å². The Morgan fingerprint density at radius 3 is 2.71 bits per heavy atom. The van der Waals surface area contributed by atoms with Crippen molar-refractivity contribution in [2.24, 2.45) is 0 Å². The fraction of sp³-hybridized carbons (Fsp3) is 0.429. The molecule has 1 aliphatic rings. The van der Waals surface area contributed by atoms with Crippen molar-refractivity contribution in [1.29, 1.82) is 0 Å². The first-order chi connectivity index (χ1) is 13.6. The molecule has 0 saturated carbocycles. The molecule has 1 saturated heterocycles. The predicted octanol–water partition coefficient (Wildman–Crippen LogP) is 2.37. The maximum absolute atomic E-state index is 5.39. The first kappa shape index (κ1) is 18.7. The molecule has 1 aromatic carbocycles. The molecule has 1 aliphatic heterocycles. The van der Waals surface area contributed by atoms with Crippen molar-refractivity contribution in [3.8, 4) is 16.9 Å². The second kappa shape index (κ2) is 8.16. The molecule has 0 amide bonds. The number of fused-ring (bicyclic) bond motifs is 1. The van der Waals surface area contributed by atoms with Gasteiger partial charge < -0.3 is 15.0 Å². The van der Waals surface area contributed by atoms with Crippen LogP contribution in [0.5, 0.6) is 5.75 Å². The van der Waals surface area contributed by atoms with Crippen molar-refractivity contribution in [3.05, 3.63) is 42.2 Å². The van der Waals surface area contributed by atoms with E-state index in [2.05, 4.69) is 40.3 Å². The van der Waals surface area contributed by atoms with Gasteiger partial charge in [0.15, 0.2) is 5.65 Å². The van der Waals surface area contributed by atoms with Gasteiger partial charge in [0, 0.05) is 51.0 Å². The minimum atomic E-state index is 0.835. The number of hydrogen-bond acceptors (Lipinski definition) is 6. The highest BCUT2D eigenvalue weighted by Crippen LogP contribution is 2.30. The Morgan fingerprint density at radius 2 is 1.93 bits per heavy atom. The quantitative estimate of drug-likeness (QED) is 0.709.